The molecule has 0 atom stereocenters. The number of benzene rings is 3. The van der Waals surface area contributed by atoms with Crippen LogP contribution in [0.1, 0.15) is 38.3 Å². The first-order chi connectivity index (χ1) is 20.1. The topological polar surface area (TPSA) is 139 Å². The average Bonchev–Trinajstić information content (AvgIpc) is 2.96. The van der Waals surface area contributed by atoms with E-state index in [9.17, 15) is 22.6 Å². The highest BCUT2D eigenvalue weighted by molar-refractivity contribution is 7.85. The van der Waals surface area contributed by atoms with Gasteiger partial charge in [0.15, 0.2) is 29.5 Å². The number of aldehydes is 1. The summed E-state index contributed by atoms with van der Waals surface area (Å²) < 4.78 is 63.7. The first-order valence-corrected chi connectivity index (χ1v) is 15.0. The Morgan fingerprint density at radius 1 is 0.857 bits per heavy atom. The molecule has 0 unspecified atom stereocenters. The maximum Gasteiger partial charge on any atom is 0.345 e. The van der Waals surface area contributed by atoms with Crippen LogP contribution >= 0.6 is 0 Å². The first-order valence-electron chi connectivity index (χ1n) is 13.4. The fourth-order valence-electron chi connectivity index (χ4n) is 5.50. The van der Waals surface area contributed by atoms with Gasteiger partial charge < -0.3 is 23.7 Å². The molecule has 0 amide bonds. The van der Waals surface area contributed by atoms with Gasteiger partial charge >= 0.3 is 5.97 Å². The van der Waals surface area contributed by atoms with E-state index in [4.69, 9.17) is 23.7 Å². The fourth-order valence-corrected chi connectivity index (χ4v) is 5.99. The van der Waals surface area contributed by atoms with E-state index in [0.29, 0.717) is 93.7 Å². The Morgan fingerprint density at radius 2 is 1.33 bits per heavy atom. The van der Waals surface area contributed by atoms with E-state index in [1.807, 2.05) is 4.57 Å². The molecule has 42 heavy (non-hydrogen) atoms. The molecule has 2 aliphatic heterocycles. The molecule has 3 heterocycles. The summed E-state index contributed by atoms with van der Waals surface area (Å²) in [7, 11) is -4.20. The van der Waals surface area contributed by atoms with Gasteiger partial charge in [0.05, 0.1) is 34.2 Å². The second-order valence-corrected chi connectivity index (χ2v) is 11.8. The predicted octanol–water partition coefficient (Wildman–Crippen LogP) is 3.75. The summed E-state index contributed by atoms with van der Waals surface area (Å²) in [6.07, 6.45) is 0.836. The van der Waals surface area contributed by atoms with E-state index < -0.39 is 21.8 Å². The maximum absolute atomic E-state index is 14.1. The molecule has 0 saturated carbocycles. The molecule has 0 radical (unpaired) electrons. The number of aryl methyl sites for hydroxylation is 3. The zero-order valence-electron chi connectivity index (χ0n) is 23.0. The number of hydrogen-bond donors (Lipinski definition) is 1. The molecule has 6 rings (SSSR count). The number of nitrogens with zero attached hydrogens (tertiary/aromatic N) is 1. The third kappa shape index (κ3) is 5.19. The highest BCUT2D eigenvalue weighted by Gasteiger charge is 2.31. The lowest BCUT2D eigenvalue weighted by Gasteiger charge is -2.21. The van der Waals surface area contributed by atoms with Gasteiger partial charge in [-0.25, -0.2) is 4.79 Å². The molecule has 0 aliphatic carbocycles. The Balaban J connectivity index is 1.61. The lowest BCUT2D eigenvalue weighted by Crippen LogP contribution is -2.38. The lowest BCUT2D eigenvalue weighted by atomic mass is 9.99. The van der Waals surface area contributed by atoms with Crippen LogP contribution < -0.4 is 28.3 Å². The molecule has 0 fully saturated rings. The van der Waals surface area contributed by atoms with E-state index in [2.05, 4.69) is 0 Å². The van der Waals surface area contributed by atoms with Crippen molar-refractivity contribution in [1.82, 2.24) is 0 Å². The van der Waals surface area contributed by atoms with Crippen molar-refractivity contribution < 1.29 is 50.8 Å². The van der Waals surface area contributed by atoms with Gasteiger partial charge in [-0.3, -0.25) is 9.35 Å². The summed E-state index contributed by atoms with van der Waals surface area (Å²) in [5, 5.41) is 0.972. The van der Waals surface area contributed by atoms with Gasteiger partial charge in [-0.1, -0.05) is 0 Å². The Hall–Kier alpha value is -4.42. The fraction of sp³-hybridized carbons (Fsp3) is 0.300. The Morgan fingerprint density at radius 3 is 1.79 bits per heavy atom. The van der Waals surface area contributed by atoms with Crippen LogP contribution in [0.4, 0.5) is 0 Å². The average molecular weight is 595 g/mol. The van der Waals surface area contributed by atoms with Crippen molar-refractivity contribution >= 4 is 44.2 Å². The van der Waals surface area contributed by atoms with Gasteiger partial charge in [-0.2, -0.15) is 13.0 Å². The third-order valence-corrected chi connectivity index (χ3v) is 8.05. The summed E-state index contributed by atoms with van der Waals surface area (Å²) in [6, 6.07) is 10.2. The maximum atomic E-state index is 14.1. The van der Waals surface area contributed by atoms with Crippen LogP contribution in [-0.4, -0.2) is 57.4 Å². The van der Waals surface area contributed by atoms with Gasteiger partial charge in [0.25, 0.3) is 10.1 Å². The van der Waals surface area contributed by atoms with E-state index >= 15 is 0 Å². The number of aromatic nitrogens is 1. The van der Waals surface area contributed by atoms with Crippen molar-refractivity contribution in [2.24, 2.45) is 0 Å². The van der Waals surface area contributed by atoms with Crippen LogP contribution in [0.15, 0.2) is 36.4 Å². The van der Waals surface area contributed by atoms with E-state index in [1.54, 1.807) is 50.2 Å². The van der Waals surface area contributed by atoms with Crippen molar-refractivity contribution in [3.8, 4) is 28.7 Å². The number of esters is 1. The molecule has 1 aromatic heterocycles. The highest BCUT2D eigenvalue weighted by Crippen LogP contribution is 2.41. The minimum Gasteiger partial charge on any atom is -0.486 e. The van der Waals surface area contributed by atoms with E-state index in [1.165, 1.54) is 0 Å². The van der Waals surface area contributed by atoms with Crippen LogP contribution in [0.2, 0.25) is 0 Å². The lowest BCUT2D eigenvalue weighted by molar-refractivity contribution is -0.645. The molecule has 3 aromatic carbocycles. The normalized spacial score (nSPS) is 14.2. The number of ether oxygens (including phenoxy) is 5. The van der Waals surface area contributed by atoms with Crippen LogP contribution in [0.25, 0.3) is 21.8 Å². The highest BCUT2D eigenvalue weighted by atomic mass is 32.2. The summed E-state index contributed by atoms with van der Waals surface area (Å²) in [5.41, 5.74) is 3.08. The predicted molar refractivity (Wildman–Crippen MR) is 151 cm³/mol. The second-order valence-electron chi connectivity index (χ2n) is 10.2. The van der Waals surface area contributed by atoms with Crippen molar-refractivity contribution in [1.29, 1.82) is 0 Å². The second kappa shape index (κ2) is 10.8. The molecule has 0 saturated heterocycles. The van der Waals surface area contributed by atoms with Crippen LogP contribution in [-0.2, 0) is 16.7 Å². The SMILES string of the molecule is Cc1cc(C=O)cc(C)c1OC(=O)c1c2cc3c(cc2[n+](CCCS(=O)(=O)O)c2cc4c(cc12)OCCO4)OCCO3. The van der Waals surface area contributed by atoms with Gasteiger partial charge in [-0.15, -0.1) is 0 Å². The van der Waals surface area contributed by atoms with E-state index in [0.717, 1.165) is 6.29 Å². The molecular weight excluding hydrogens is 566 g/mol. The largest absolute Gasteiger partial charge is 0.486 e. The Bertz CT molecular complexity index is 1780. The Kier molecular flexibility index (Phi) is 7.11. The number of pyridine rings is 1. The standard InChI is InChI=1S/C30H27NO10S/c1-17-10-19(16-32)11-18(2)29(17)41-30(33)28-20-12-24-26(39-7-5-37-24)14-22(20)31(4-3-9-42(34,35)36)23-15-27-25(13-21(23)28)38-6-8-40-27/h10-16H,3-9H2,1-2H3/p+1. The number of carbonyl (C=O) groups excluding carboxylic acids is 2. The van der Waals surface area contributed by atoms with Crippen molar-refractivity contribution in [3.63, 3.8) is 0 Å². The van der Waals surface area contributed by atoms with E-state index in [-0.39, 0.29) is 18.5 Å². The molecule has 218 valence electrons. The van der Waals surface area contributed by atoms with Gasteiger partial charge in [0.1, 0.15) is 38.5 Å². The molecule has 4 aromatic rings. The third-order valence-electron chi connectivity index (χ3n) is 7.24. The number of fused-ring (bicyclic) bond motifs is 4. The van der Waals surface area contributed by atoms with Crippen molar-refractivity contribution in [3.05, 3.63) is 58.7 Å². The molecule has 0 spiro atoms. The van der Waals surface area contributed by atoms with Crippen LogP contribution in [0, 0.1) is 13.8 Å². The van der Waals surface area contributed by atoms with Gasteiger partial charge in [0.2, 0.25) is 11.0 Å². The van der Waals surface area contributed by atoms with Crippen molar-refractivity contribution in [2.75, 3.05) is 32.2 Å². The number of carbonyl (C=O) groups is 2. The number of hydrogen-bond acceptors (Lipinski definition) is 9. The quantitative estimate of drug-likeness (QED) is 0.0841. The zero-order chi connectivity index (χ0) is 29.6. The Labute approximate surface area is 241 Å². The summed E-state index contributed by atoms with van der Waals surface area (Å²) in [5.74, 6) is 1.10. The molecule has 11 nitrogen and oxygen atoms in total. The van der Waals surface area contributed by atoms with Crippen LogP contribution in [0.5, 0.6) is 28.7 Å². The zero-order valence-corrected chi connectivity index (χ0v) is 23.8. The minimum absolute atomic E-state index is 0.0991. The minimum atomic E-state index is -4.20. The molecule has 1 N–H and O–H groups in total. The monoisotopic (exact) mass is 594 g/mol. The summed E-state index contributed by atoms with van der Waals surface area (Å²) in [6.45, 7) is 5.06. The van der Waals surface area contributed by atoms with Gasteiger partial charge in [0, 0.05) is 12.0 Å². The summed E-state index contributed by atoms with van der Waals surface area (Å²) in [4.78, 5) is 25.5. The molecular formula is C30H28NO10S+. The molecule has 0 bridgehead atoms. The molecule has 12 heteroatoms. The summed E-state index contributed by atoms with van der Waals surface area (Å²) >= 11 is 0. The number of rotatable bonds is 7. The molecule has 2 aliphatic rings. The van der Waals surface area contributed by atoms with Crippen molar-refractivity contribution in [2.45, 2.75) is 26.8 Å². The van der Waals surface area contributed by atoms with Gasteiger partial charge in [-0.05, 0) is 49.2 Å². The van der Waals surface area contributed by atoms with Crippen LogP contribution in [0.3, 0.4) is 0 Å². The smallest absolute Gasteiger partial charge is 0.345 e. The first kappa shape index (κ1) is 27.7.